The minimum Gasteiger partial charge on any atom is -0.384 e. The van der Waals surface area contributed by atoms with Crippen molar-refractivity contribution in [3.05, 3.63) is 35.9 Å². The lowest BCUT2D eigenvalue weighted by Crippen LogP contribution is -1.92. The highest BCUT2D eigenvalue weighted by molar-refractivity contribution is 5.25. The van der Waals surface area contributed by atoms with Crippen LogP contribution < -0.4 is 0 Å². The smallest absolute Gasteiger partial charge is 0.0496 e. The Morgan fingerprint density at radius 2 is 2.08 bits per heavy atom. The second-order valence-electron chi connectivity index (χ2n) is 3.47. The van der Waals surface area contributed by atoms with Crippen LogP contribution in [0.3, 0.4) is 0 Å². The second-order valence-corrected chi connectivity index (χ2v) is 3.47. The Hall–Kier alpha value is -0.820. The summed E-state index contributed by atoms with van der Waals surface area (Å²) in [6, 6.07) is 10.7. The van der Waals surface area contributed by atoms with Crippen molar-refractivity contribution >= 4 is 0 Å². The van der Waals surface area contributed by atoms with Crippen LogP contribution in [-0.2, 0) is 4.74 Å². The lowest BCUT2D eigenvalue weighted by Gasteiger charge is -1.98. The van der Waals surface area contributed by atoms with Gasteiger partial charge in [0.05, 0.1) is 0 Å². The van der Waals surface area contributed by atoms with Crippen LogP contribution in [0, 0.1) is 5.92 Å². The van der Waals surface area contributed by atoms with E-state index < -0.39 is 0 Å². The summed E-state index contributed by atoms with van der Waals surface area (Å²) in [5.41, 5.74) is 1.47. The van der Waals surface area contributed by atoms with Crippen molar-refractivity contribution in [2.45, 2.75) is 12.3 Å². The van der Waals surface area contributed by atoms with E-state index >= 15 is 0 Å². The molecule has 1 aromatic carbocycles. The second kappa shape index (κ2) is 3.28. The summed E-state index contributed by atoms with van der Waals surface area (Å²) in [5, 5.41) is 0. The first kappa shape index (κ1) is 7.81. The fraction of sp³-hybridized carbons (Fsp3) is 0.455. The Balaban J connectivity index is 1.97. The number of ether oxygens (including phenoxy) is 1. The van der Waals surface area contributed by atoms with E-state index in [0.29, 0.717) is 0 Å². The van der Waals surface area contributed by atoms with Crippen molar-refractivity contribution in [2.24, 2.45) is 5.92 Å². The molecule has 0 radical (unpaired) electrons. The van der Waals surface area contributed by atoms with Crippen LogP contribution in [0.25, 0.3) is 0 Å². The maximum Gasteiger partial charge on any atom is 0.0496 e. The zero-order valence-electron chi connectivity index (χ0n) is 7.36. The average Bonchev–Trinajstić information content (AvgIpc) is 2.87. The largest absolute Gasteiger partial charge is 0.384 e. The van der Waals surface area contributed by atoms with Gasteiger partial charge in [0, 0.05) is 13.7 Å². The summed E-state index contributed by atoms with van der Waals surface area (Å²) in [6.45, 7) is 0.916. The van der Waals surface area contributed by atoms with E-state index in [1.54, 1.807) is 7.11 Å². The van der Waals surface area contributed by atoms with Gasteiger partial charge < -0.3 is 4.74 Å². The van der Waals surface area contributed by atoms with E-state index in [4.69, 9.17) is 4.74 Å². The van der Waals surface area contributed by atoms with Crippen LogP contribution in [0.4, 0.5) is 0 Å². The summed E-state index contributed by atoms with van der Waals surface area (Å²) >= 11 is 0. The Bertz CT molecular complexity index is 242. The molecular formula is C11H14O. The molecule has 1 saturated carbocycles. The van der Waals surface area contributed by atoms with E-state index in [1.165, 1.54) is 12.0 Å². The molecule has 0 aliphatic heterocycles. The number of hydrogen-bond donors (Lipinski definition) is 0. The predicted octanol–water partition coefficient (Wildman–Crippen LogP) is 2.44. The van der Waals surface area contributed by atoms with Gasteiger partial charge in [0.2, 0.25) is 0 Å². The molecule has 0 spiro atoms. The molecule has 2 atom stereocenters. The highest BCUT2D eigenvalue weighted by atomic mass is 16.5. The van der Waals surface area contributed by atoms with Crippen LogP contribution in [0.15, 0.2) is 30.3 Å². The maximum absolute atomic E-state index is 5.12. The molecule has 12 heavy (non-hydrogen) atoms. The van der Waals surface area contributed by atoms with Crippen LogP contribution in [0.1, 0.15) is 17.9 Å². The third kappa shape index (κ3) is 1.51. The van der Waals surface area contributed by atoms with Crippen LogP contribution in [0.2, 0.25) is 0 Å². The minimum atomic E-state index is 0.770. The van der Waals surface area contributed by atoms with Gasteiger partial charge in [-0.2, -0.15) is 0 Å². The molecule has 0 N–H and O–H groups in total. The summed E-state index contributed by atoms with van der Waals surface area (Å²) in [7, 11) is 1.78. The molecule has 1 aliphatic carbocycles. The normalized spacial score (nSPS) is 27.1. The molecule has 1 aliphatic rings. The van der Waals surface area contributed by atoms with E-state index in [0.717, 1.165) is 18.4 Å². The monoisotopic (exact) mass is 162 g/mol. The van der Waals surface area contributed by atoms with Crippen molar-refractivity contribution in [1.29, 1.82) is 0 Å². The zero-order valence-corrected chi connectivity index (χ0v) is 7.36. The number of benzene rings is 1. The van der Waals surface area contributed by atoms with E-state index in [9.17, 15) is 0 Å². The average molecular weight is 162 g/mol. The van der Waals surface area contributed by atoms with Crippen molar-refractivity contribution < 1.29 is 4.74 Å². The maximum atomic E-state index is 5.12. The van der Waals surface area contributed by atoms with Gasteiger partial charge in [0.1, 0.15) is 0 Å². The van der Waals surface area contributed by atoms with Crippen molar-refractivity contribution in [1.82, 2.24) is 0 Å². The molecular weight excluding hydrogens is 148 g/mol. The third-order valence-electron chi connectivity index (χ3n) is 2.53. The molecule has 1 nitrogen and oxygen atoms in total. The Labute approximate surface area is 73.4 Å². The lowest BCUT2D eigenvalue weighted by atomic mass is 10.1. The minimum absolute atomic E-state index is 0.770. The summed E-state index contributed by atoms with van der Waals surface area (Å²) in [5.74, 6) is 1.54. The molecule has 1 aromatic rings. The summed E-state index contributed by atoms with van der Waals surface area (Å²) in [6.07, 6.45) is 1.30. The third-order valence-corrected chi connectivity index (χ3v) is 2.53. The highest BCUT2D eigenvalue weighted by Gasteiger charge is 2.37. The Morgan fingerprint density at radius 1 is 1.33 bits per heavy atom. The molecule has 1 heteroatoms. The molecule has 0 bridgehead atoms. The van der Waals surface area contributed by atoms with Crippen LogP contribution in [-0.4, -0.2) is 13.7 Å². The highest BCUT2D eigenvalue weighted by Crippen LogP contribution is 2.47. The number of hydrogen-bond acceptors (Lipinski definition) is 1. The van der Waals surface area contributed by atoms with Crippen LogP contribution >= 0.6 is 0 Å². The first-order chi connectivity index (χ1) is 5.92. The first-order valence-electron chi connectivity index (χ1n) is 4.45. The SMILES string of the molecule is COC[C@@H]1C[C@@H]1c1ccccc1. The Kier molecular flexibility index (Phi) is 2.13. The van der Waals surface area contributed by atoms with E-state index in [-0.39, 0.29) is 0 Å². The first-order valence-corrected chi connectivity index (χ1v) is 4.45. The fourth-order valence-electron chi connectivity index (χ4n) is 1.75. The lowest BCUT2D eigenvalue weighted by molar-refractivity contribution is 0.184. The van der Waals surface area contributed by atoms with Crippen molar-refractivity contribution in [3.8, 4) is 0 Å². The van der Waals surface area contributed by atoms with Crippen molar-refractivity contribution in [3.63, 3.8) is 0 Å². The molecule has 0 amide bonds. The van der Waals surface area contributed by atoms with Gasteiger partial charge in [-0.3, -0.25) is 0 Å². The van der Waals surface area contributed by atoms with E-state index in [2.05, 4.69) is 30.3 Å². The molecule has 0 unspecified atom stereocenters. The Morgan fingerprint density at radius 3 is 2.75 bits per heavy atom. The van der Waals surface area contributed by atoms with Gasteiger partial charge >= 0.3 is 0 Å². The molecule has 0 heterocycles. The summed E-state index contributed by atoms with van der Waals surface area (Å²) < 4.78 is 5.12. The number of rotatable bonds is 3. The topological polar surface area (TPSA) is 9.23 Å². The van der Waals surface area contributed by atoms with Gasteiger partial charge in [-0.1, -0.05) is 30.3 Å². The summed E-state index contributed by atoms with van der Waals surface area (Å²) in [4.78, 5) is 0. The molecule has 1 fully saturated rings. The van der Waals surface area contributed by atoms with Gasteiger partial charge in [0.25, 0.3) is 0 Å². The van der Waals surface area contributed by atoms with Gasteiger partial charge in [-0.05, 0) is 23.8 Å². The fourth-order valence-corrected chi connectivity index (χ4v) is 1.75. The molecule has 0 aromatic heterocycles. The molecule has 0 saturated heterocycles. The van der Waals surface area contributed by atoms with Gasteiger partial charge in [-0.15, -0.1) is 0 Å². The van der Waals surface area contributed by atoms with Gasteiger partial charge in [0.15, 0.2) is 0 Å². The zero-order chi connectivity index (χ0) is 8.39. The standard InChI is InChI=1S/C11H14O/c1-12-8-10-7-11(10)9-5-3-2-4-6-9/h2-6,10-11H,7-8H2,1H3/t10-,11+/m0/s1. The molecule has 64 valence electrons. The predicted molar refractivity (Wildman–Crippen MR) is 49.2 cm³/mol. The van der Waals surface area contributed by atoms with Crippen LogP contribution in [0.5, 0.6) is 0 Å². The van der Waals surface area contributed by atoms with Gasteiger partial charge in [-0.25, -0.2) is 0 Å². The van der Waals surface area contributed by atoms with E-state index in [1.807, 2.05) is 0 Å². The quantitative estimate of drug-likeness (QED) is 0.663. The number of methoxy groups -OCH3 is 1. The van der Waals surface area contributed by atoms with Crippen molar-refractivity contribution in [2.75, 3.05) is 13.7 Å². The molecule has 2 rings (SSSR count).